The molecule has 0 saturated carbocycles. The minimum Gasteiger partial charge on any atom is -0.457 e. The molecule has 31 heavy (non-hydrogen) atoms. The van der Waals surface area contributed by atoms with Crippen molar-refractivity contribution in [2.75, 3.05) is 16.4 Å². The summed E-state index contributed by atoms with van der Waals surface area (Å²) in [6, 6.07) is 15.1. The number of hydrogen-bond acceptors (Lipinski definition) is 9. The molecule has 4 rings (SSSR count). The number of benzene rings is 2. The number of fused-ring (bicyclic) bond motifs is 1. The van der Waals surface area contributed by atoms with Gasteiger partial charge in [-0.25, -0.2) is 0 Å². The van der Waals surface area contributed by atoms with Crippen LogP contribution in [0.5, 0.6) is 0 Å². The minimum absolute atomic E-state index is 0.00878. The maximum atomic E-state index is 12.3. The third-order valence-corrected chi connectivity index (χ3v) is 5.70. The summed E-state index contributed by atoms with van der Waals surface area (Å²) in [5.74, 6) is -0.286. The largest absolute Gasteiger partial charge is 0.457 e. The summed E-state index contributed by atoms with van der Waals surface area (Å²) in [5, 5.41) is 5.28. The standard InChI is InChI=1S/C21H20N6O3S/c1-12-6-8-13(9-7-12)23-21-26-17(25-20(22)27-21)11-30-18(28)10-16-19(29)24-14-4-2-3-5-15(14)31-16/h2-9,16H,10-11H2,1H3,(H,24,29)(H3,22,23,25,26,27)/t16-/m1/s1. The van der Waals surface area contributed by atoms with Crippen LogP contribution in [0.25, 0.3) is 0 Å². The first-order chi connectivity index (χ1) is 15.0. The van der Waals surface area contributed by atoms with E-state index in [0.29, 0.717) is 0 Å². The fraction of sp³-hybridized carbons (Fsp3) is 0.190. The second-order valence-corrected chi connectivity index (χ2v) is 8.13. The van der Waals surface area contributed by atoms with Crippen LogP contribution in [0.4, 0.5) is 23.3 Å². The first-order valence-electron chi connectivity index (χ1n) is 9.52. The number of esters is 1. The zero-order chi connectivity index (χ0) is 21.8. The van der Waals surface area contributed by atoms with E-state index in [1.54, 1.807) is 0 Å². The first kappa shape index (κ1) is 20.6. The predicted octanol–water partition coefficient (Wildman–Crippen LogP) is 3.05. The van der Waals surface area contributed by atoms with E-state index >= 15 is 0 Å². The first-order valence-corrected chi connectivity index (χ1v) is 10.4. The number of ether oxygens (including phenoxy) is 1. The lowest BCUT2D eigenvalue weighted by Crippen LogP contribution is -2.31. The lowest BCUT2D eigenvalue weighted by molar-refractivity contribution is -0.146. The number of nitrogen functional groups attached to an aromatic ring is 1. The molecule has 1 aliphatic heterocycles. The van der Waals surface area contributed by atoms with Gasteiger partial charge in [0.2, 0.25) is 17.8 Å². The van der Waals surface area contributed by atoms with E-state index in [2.05, 4.69) is 25.6 Å². The van der Waals surface area contributed by atoms with E-state index in [-0.39, 0.29) is 36.7 Å². The number of anilines is 4. The molecule has 3 aromatic rings. The highest BCUT2D eigenvalue weighted by atomic mass is 32.2. The highest BCUT2D eigenvalue weighted by Gasteiger charge is 2.29. The van der Waals surface area contributed by atoms with Crippen molar-refractivity contribution in [2.45, 2.75) is 30.1 Å². The number of amides is 1. The Kier molecular flexibility index (Phi) is 5.99. The third kappa shape index (κ3) is 5.28. The fourth-order valence-corrected chi connectivity index (χ4v) is 4.00. The molecular weight excluding hydrogens is 416 g/mol. The molecule has 0 radical (unpaired) electrons. The molecule has 158 valence electrons. The van der Waals surface area contributed by atoms with Crippen LogP contribution in [0.3, 0.4) is 0 Å². The van der Waals surface area contributed by atoms with E-state index in [1.165, 1.54) is 11.8 Å². The number of para-hydroxylation sites is 1. The Bertz CT molecular complexity index is 1120. The van der Waals surface area contributed by atoms with E-state index in [4.69, 9.17) is 10.5 Å². The number of hydrogen-bond donors (Lipinski definition) is 3. The molecule has 2 aromatic carbocycles. The topological polar surface area (TPSA) is 132 Å². The van der Waals surface area contributed by atoms with Gasteiger partial charge < -0.3 is 21.1 Å². The zero-order valence-electron chi connectivity index (χ0n) is 16.7. The van der Waals surface area contributed by atoms with Gasteiger partial charge in [-0.2, -0.15) is 15.0 Å². The molecule has 1 aromatic heterocycles. The maximum absolute atomic E-state index is 12.3. The number of thioether (sulfide) groups is 1. The Hall–Kier alpha value is -3.66. The van der Waals surface area contributed by atoms with Gasteiger partial charge in [0.05, 0.1) is 17.4 Å². The molecule has 0 bridgehead atoms. The number of nitrogens with two attached hydrogens (primary N) is 1. The van der Waals surface area contributed by atoms with Crippen molar-refractivity contribution in [1.29, 1.82) is 0 Å². The van der Waals surface area contributed by atoms with Crippen LogP contribution in [0, 0.1) is 6.92 Å². The molecule has 2 heterocycles. The number of aromatic nitrogens is 3. The van der Waals surface area contributed by atoms with E-state index in [0.717, 1.165) is 21.8 Å². The van der Waals surface area contributed by atoms with Crippen LogP contribution < -0.4 is 16.4 Å². The number of carbonyl (C=O) groups is 2. The third-order valence-electron chi connectivity index (χ3n) is 4.43. The predicted molar refractivity (Wildman–Crippen MR) is 118 cm³/mol. The average Bonchev–Trinajstić information content (AvgIpc) is 2.74. The molecule has 0 saturated heterocycles. The normalized spacial score (nSPS) is 15.0. The Morgan fingerprint density at radius 3 is 2.74 bits per heavy atom. The molecule has 10 heteroatoms. The minimum atomic E-state index is -0.565. The summed E-state index contributed by atoms with van der Waals surface area (Å²) >= 11 is 1.34. The van der Waals surface area contributed by atoms with Crippen LogP contribution in [0.1, 0.15) is 17.8 Å². The van der Waals surface area contributed by atoms with E-state index in [9.17, 15) is 9.59 Å². The zero-order valence-corrected chi connectivity index (χ0v) is 17.5. The van der Waals surface area contributed by atoms with Crippen LogP contribution in [0.15, 0.2) is 53.4 Å². The van der Waals surface area contributed by atoms with Gasteiger partial charge in [0.15, 0.2) is 12.4 Å². The van der Waals surface area contributed by atoms with Gasteiger partial charge in [-0.1, -0.05) is 29.8 Å². The molecular formula is C21H20N6O3S. The molecule has 0 spiro atoms. The number of nitrogens with zero attached hydrogens (tertiary/aromatic N) is 3. The van der Waals surface area contributed by atoms with Crippen LogP contribution in [-0.2, 0) is 20.9 Å². The Morgan fingerprint density at radius 1 is 1.16 bits per heavy atom. The van der Waals surface area contributed by atoms with Crippen molar-refractivity contribution >= 4 is 46.9 Å². The summed E-state index contributed by atoms with van der Waals surface area (Å²) in [7, 11) is 0. The summed E-state index contributed by atoms with van der Waals surface area (Å²) in [6.07, 6.45) is -0.0696. The summed E-state index contributed by atoms with van der Waals surface area (Å²) < 4.78 is 5.27. The molecule has 1 atom stereocenters. The molecule has 1 amide bonds. The van der Waals surface area contributed by atoms with E-state index < -0.39 is 11.2 Å². The van der Waals surface area contributed by atoms with Gasteiger partial charge in [-0.3, -0.25) is 9.59 Å². The quantitative estimate of drug-likeness (QED) is 0.499. The Labute approximate surface area is 182 Å². The van der Waals surface area contributed by atoms with Gasteiger partial charge in [-0.15, -0.1) is 11.8 Å². The summed E-state index contributed by atoms with van der Waals surface area (Å²) in [6.45, 7) is 1.81. The number of rotatable bonds is 6. The summed E-state index contributed by atoms with van der Waals surface area (Å²) in [5.41, 5.74) is 8.42. The monoisotopic (exact) mass is 436 g/mol. The number of nitrogens with one attached hydrogen (secondary N) is 2. The molecule has 0 aliphatic carbocycles. The van der Waals surface area contributed by atoms with Gasteiger partial charge in [0, 0.05) is 10.6 Å². The molecule has 4 N–H and O–H groups in total. The van der Waals surface area contributed by atoms with Gasteiger partial charge in [-0.05, 0) is 31.2 Å². The second-order valence-electron chi connectivity index (χ2n) is 6.88. The molecule has 1 aliphatic rings. The van der Waals surface area contributed by atoms with Crippen LogP contribution >= 0.6 is 11.8 Å². The highest BCUT2D eigenvalue weighted by molar-refractivity contribution is 8.01. The highest BCUT2D eigenvalue weighted by Crippen LogP contribution is 2.36. The van der Waals surface area contributed by atoms with Gasteiger partial charge in [0.1, 0.15) is 0 Å². The number of aryl methyl sites for hydroxylation is 1. The Morgan fingerprint density at radius 2 is 1.94 bits per heavy atom. The van der Waals surface area contributed by atoms with Crippen LogP contribution in [0.2, 0.25) is 0 Å². The second kappa shape index (κ2) is 9.00. The van der Waals surface area contributed by atoms with Crippen molar-refractivity contribution in [2.24, 2.45) is 0 Å². The number of carbonyl (C=O) groups excluding carboxylic acids is 2. The Balaban J connectivity index is 1.35. The van der Waals surface area contributed by atoms with Gasteiger partial charge >= 0.3 is 5.97 Å². The van der Waals surface area contributed by atoms with Crippen molar-refractivity contribution in [3.05, 3.63) is 59.9 Å². The van der Waals surface area contributed by atoms with Crippen molar-refractivity contribution in [1.82, 2.24) is 15.0 Å². The lowest BCUT2D eigenvalue weighted by Gasteiger charge is -2.23. The SMILES string of the molecule is Cc1ccc(Nc2nc(N)nc(COC(=O)C[C@H]3Sc4ccccc4NC3=O)n2)cc1. The average molecular weight is 436 g/mol. The van der Waals surface area contributed by atoms with Crippen molar-refractivity contribution in [3.8, 4) is 0 Å². The maximum Gasteiger partial charge on any atom is 0.307 e. The van der Waals surface area contributed by atoms with E-state index in [1.807, 2.05) is 55.5 Å². The van der Waals surface area contributed by atoms with Crippen molar-refractivity contribution in [3.63, 3.8) is 0 Å². The fourth-order valence-electron chi connectivity index (χ4n) is 2.91. The summed E-state index contributed by atoms with van der Waals surface area (Å²) in [4.78, 5) is 37.8. The molecule has 9 nitrogen and oxygen atoms in total. The van der Waals surface area contributed by atoms with Crippen molar-refractivity contribution < 1.29 is 14.3 Å². The smallest absolute Gasteiger partial charge is 0.307 e. The lowest BCUT2D eigenvalue weighted by atomic mass is 10.2. The van der Waals surface area contributed by atoms with Gasteiger partial charge in [0.25, 0.3) is 0 Å². The van der Waals surface area contributed by atoms with Crippen LogP contribution in [-0.4, -0.2) is 32.1 Å². The molecule has 0 fully saturated rings. The molecule has 0 unspecified atom stereocenters.